The number of nitrogens with zero attached hydrogens (tertiary/aromatic N) is 1. The molecule has 0 aliphatic carbocycles. The summed E-state index contributed by atoms with van der Waals surface area (Å²) in [5, 5.41) is 13.1. The number of aryl methyl sites for hydroxylation is 1. The van der Waals surface area contributed by atoms with Crippen LogP contribution in [-0.2, 0) is 6.42 Å². The summed E-state index contributed by atoms with van der Waals surface area (Å²) in [5.74, 6) is -0.617. The standard InChI is InChI=1S/C13H14N2O4S/c1-8(4-5-9-3-2-6-19-9)14-11(16)12-15-10(7-20-12)13(17)18/h2-3,6-8H,4-5H2,1H3,(H,14,16)(H,17,18). The van der Waals surface area contributed by atoms with Crippen LogP contribution in [0, 0.1) is 0 Å². The minimum Gasteiger partial charge on any atom is -0.476 e. The number of carbonyl (C=O) groups excluding carboxylic acids is 1. The van der Waals surface area contributed by atoms with Crippen molar-refractivity contribution in [3.05, 3.63) is 40.2 Å². The maximum atomic E-state index is 11.9. The van der Waals surface area contributed by atoms with E-state index in [1.165, 1.54) is 5.38 Å². The first kappa shape index (κ1) is 14.3. The zero-order valence-electron chi connectivity index (χ0n) is 10.8. The van der Waals surface area contributed by atoms with Crippen LogP contribution >= 0.6 is 11.3 Å². The Morgan fingerprint density at radius 1 is 1.55 bits per heavy atom. The number of rotatable bonds is 6. The molecule has 2 rings (SSSR count). The Labute approximate surface area is 119 Å². The zero-order valence-corrected chi connectivity index (χ0v) is 11.6. The van der Waals surface area contributed by atoms with Crippen LogP contribution in [0.25, 0.3) is 0 Å². The lowest BCUT2D eigenvalue weighted by molar-refractivity contribution is 0.0691. The smallest absolute Gasteiger partial charge is 0.355 e. The maximum absolute atomic E-state index is 11.9. The summed E-state index contributed by atoms with van der Waals surface area (Å²) in [6.45, 7) is 1.88. The number of aromatic nitrogens is 1. The highest BCUT2D eigenvalue weighted by Crippen LogP contribution is 2.11. The Morgan fingerprint density at radius 3 is 2.95 bits per heavy atom. The van der Waals surface area contributed by atoms with Crippen LogP contribution in [0.3, 0.4) is 0 Å². The molecule has 0 aliphatic heterocycles. The minimum atomic E-state index is -1.13. The molecule has 0 spiro atoms. The third-order valence-corrected chi connectivity index (χ3v) is 3.54. The Kier molecular flexibility index (Phi) is 4.52. The van der Waals surface area contributed by atoms with Crippen molar-refractivity contribution in [2.75, 3.05) is 0 Å². The van der Waals surface area contributed by atoms with Gasteiger partial charge in [0.1, 0.15) is 5.76 Å². The van der Waals surface area contributed by atoms with Gasteiger partial charge < -0.3 is 14.8 Å². The highest BCUT2D eigenvalue weighted by atomic mass is 32.1. The molecule has 0 bridgehead atoms. The Balaban J connectivity index is 1.85. The molecule has 0 radical (unpaired) electrons. The molecular weight excluding hydrogens is 280 g/mol. The largest absolute Gasteiger partial charge is 0.476 e. The number of aromatic carboxylic acids is 1. The lowest BCUT2D eigenvalue weighted by Gasteiger charge is -2.11. The van der Waals surface area contributed by atoms with Crippen molar-refractivity contribution in [1.82, 2.24) is 10.3 Å². The topological polar surface area (TPSA) is 92.4 Å². The van der Waals surface area contributed by atoms with Gasteiger partial charge in [0.2, 0.25) is 0 Å². The minimum absolute atomic E-state index is 0.0511. The first-order valence-corrected chi connectivity index (χ1v) is 6.96. The van der Waals surface area contributed by atoms with E-state index in [1.54, 1.807) is 6.26 Å². The van der Waals surface area contributed by atoms with Crippen LogP contribution in [-0.4, -0.2) is 28.0 Å². The van der Waals surface area contributed by atoms with Crippen molar-refractivity contribution in [2.45, 2.75) is 25.8 Å². The Morgan fingerprint density at radius 2 is 2.35 bits per heavy atom. The van der Waals surface area contributed by atoms with Crippen LogP contribution in [0.1, 0.15) is 39.4 Å². The van der Waals surface area contributed by atoms with Gasteiger partial charge in [-0.1, -0.05) is 0 Å². The van der Waals surface area contributed by atoms with E-state index in [2.05, 4.69) is 10.3 Å². The molecule has 1 amide bonds. The molecule has 20 heavy (non-hydrogen) atoms. The third-order valence-electron chi connectivity index (χ3n) is 2.70. The Bertz CT molecular complexity index is 591. The van der Waals surface area contributed by atoms with Gasteiger partial charge in [-0.05, 0) is 25.5 Å². The van der Waals surface area contributed by atoms with Gasteiger partial charge in [-0.3, -0.25) is 4.79 Å². The van der Waals surface area contributed by atoms with Crippen molar-refractivity contribution >= 4 is 23.2 Å². The normalized spacial score (nSPS) is 12.1. The SMILES string of the molecule is CC(CCc1ccco1)NC(=O)c1nc(C(=O)O)cs1. The molecule has 0 saturated carbocycles. The van der Waals surface area contributed by atoms with Gasteiger partial charge in [-0.15, -0.1) is 11.3 Å². The van der Waals surface area contributed by atoms with Gasteiger partial charge >= 0.3 is 5.97 Å². The molecule has 2 aromatic heterocycles. The number of amides is 1. The zero-order chi connectivity index (χ0) is 14.5. The fourth-order valence-corrected chi connectivity index (χ4v) is 2.34. The van der Waals surface area contributed by atoms with Crippen molar-refractivity contribution in [3.63, 3.8) is 0 Å². The van der Waals surface area contributed by atoms with Gasteiger partial charge in [-0.25, -0.2) is 9.78 Å². The van der Waals surface area contributed by atoms with E-state index >= 15 is 0 Å². The predicted molar refractivity (Wildman–Crippen MR) is 73.0 cm³/mol. The molecule has 1 unspecified atom stereocenters. The van der Waals surface area contributed by atoms with Gasteiger partial charge in [0.25, 0.3) is 5.91 Å². The van der Waals surface area contributed by atoms with E-state index in [0.717, 1.165) is 29.9 Å². The lowest BCUT2D eigenvalue weighted by atomic mass is 10.1. The van der Waals surface area contributed by atoms with Gasteiger partial charge in [0.05, 0.1) is 6.26 Å². The van der Waals surface area contributed by atoms with Crippen LogP contribution in [0.2, 0.25) is 0 Å². The number of furan rings is 1. The molecule has 0 fully saturated rings. The van der Waals surface area contributed by atoms with E-state index in [0.29, 0.717) is 0 Å². The van der Waals surface area contributed by atoms with E-state index in [1.807, 2.05) is 19.1 Å². The van der Waals surface area contributed by atoms with Crippen LogP contribution in [0.15, 0.2) is 28.2 Å². The molecule has 0 aliphatic rings. The fraction of sp³-hybridized carbons (Fsp3) is 0.308. The van der Waals surface area contributed by atoms with E-state index in [9.17, 15) is 9.59 Å². The third kappa shape index (κ3) is 3.67. The first-order chi connectivity index (χ1) is 9.56. The van der Waals surface area contributed by atoms with Gasteiger partial charge in [-0.2, -0.15) is 0 Å². The molecule has 6 nitrogen and oxygen atoms in total. The van der Waals surface area contributed by atoms with Crippen molar-refractivity contribution in [3.8, 4) is 0 Å². The summed E-state index contributed by atoms with van der Waals surface area (Å²) in [5.41, 5.74) is -0.108. The van der Waals surface area contributed by atoms with Crippen molar-refractivity contribution in [2.24, 2.45) is 0 Å². The number of hydrogen-bond donors (Lipinski definition) is 2. The van der Waals surface area contributed by atoms with Crippen LogP contribution < -0.4 is 5.32 Å². The second kappa shape index (κ2) is 6.33. The van der Waals surface area contributed by atoms with Crippen LogP contribution in [0.4, 0.5) is 0 Å². The summed E-state index contributed by atoms with van der Waals surface area (Å²) < 4.78 is 5.21. The van der Waals surface area contributed by atoms with Crippen LogP contribution in [0.5, 0.6) is 0 Å². The Hall–Kier alpha value is -2.15. The fourth-order valence-electron chi connectivity index (χ4n) is 1.65. The number of nitrogens with one attached hydrogen (secondary N) is 1. The van der Waals surface area contributed by atoms with E-state index < -0.39 is 5.97 Å². The molecule has 2 N–H and O–H groups in total. The number of carbonyl (C=O) groups is 2. The molecule has 106 valence electrons. The van der Waals surface area contributed by atoms with Crippen molar-refractivity contribution in [1.29, 1.82) is 0 Å². The quantitative estimate of drug-likeness (QED) is 0.852. The highest BCUT2D eigenvalue weighted by molar-refractivity contribution is 7.11. The molecule has 1 atom stereocenters. The van der Waals surface area contributed by atoms with Crippen molar-refractivity contribution < 1.29 is 19.1 Å². The summed E-state index contributed by atoms with van der Waals surface area (Å²) in [6, 6.07) is 3.65. The molecule has 7 heteroatoms. The second-order valence-corrected chi connectivity index (χ2v) is 5.19. The summed E-state index contributed by atoms with van der Waals surface area (Å²) in [7, 11) is 0. The average molecular weight is 294 g/mol. The number of carboxylic acids is 1. The summed E-state index contributed by atoms with van der Waals surface area (Å²) in [6.07, 6.45) is 3.07. The number of hydrogen-bond acceptors (Lipinski definition) is 5. The second-order valence-electron chi connectivity index (χ2n) is 4.34. The lowest BCUT2D eigenvalue weighted by Crippen LogP contribution is -2.32. The predicted octanol–water partition coefficient (Wildman–Crippen LogP) is 2.19. The molecular formula is C13H14N2O4S. The maximum Gasteiger partial charge on any atom is 0.355 e. The molecule has 2 heterocycles. The van der Waals surface area contributed by atoms with Gasteiger partial charge in [0.15, 0.2) is 10.7 Å². The monoisotopic (exact) mass is 294 g/mol. The molecule has 0 aromatic carbocycles. The van der Waals surface area contributed by atoms with Gasteiger partial charge in [0, 0.05) is 17.8 Å². The highest BCUT2D eigenvalue weighted by Gasteiger charge is 2.16. The first-order valence-electron chi connectivity index (χ1n) is 6.08. The van der Waals surface area contributed by atoms with E-state index in [-0.39, 0.29) is 22.7 Å². The molecule has 2 aromatic rings. The molecule has 0 saturated heterocycles. The summed E-state index contributed by atoms with van der Waals surface area (Å²) in [4.78, 5) is 26.3. The summed E-state index contributed by atoms with van der Waals surface area (Å²) >= 11 is 1.02. The average Bonchev–Trinajstić information content (AvgIpc) is 3.07. The van der Waals surface area contributed by atoms with E-state index in [4.69, 9.17) is 9.52 Å². The number of carboxylic acid groups (broad SMARTS) is 1. The number of thiazole rings is 1.